The van der Waals surface area contributed by atoms with E-state index in [2.05, 4.69) is 45.9 Å². The first kappa shape index (κ1) is 16.2. The van der Waals surface area contributed by atoms with Gasteiger partial charge in [0.2, 0.25) is 0 Å². The van der Waals surface area contributed by atoms with Gasteiger partial charge in [0.25, 0.3) is 0 Å². The van der Waals surface area contributed by atoms with Crippen molar-refractivity contribution in [3.05, 3.63) is 20.8 Å². The fourth-order valence-electron chi connectivity index (χ4n) is 2.18. The van der Waals surface area contributed by atoms with Crippen molar-refractivity contribution >= 4 is 27.3 Å². The predicted molar refractivity (Wildman–Crippen MR) is 86.4 cm³/mol. The third-order valence-electron chi connectivity index (χ3n) is 3.25. The molecule has 3 heteroatoms. The van der Waals surface area contributed by atoms with Crippen molar-refractivity contribution in [2.45, 2.75) is 64.8 Å². The topological polar surface area (TPSA) is 12.0 Å². The zero-order chi connectivity index (χ0) is 13.2. The average Bonchev–Trinajstić information content (AvgIpc) is 2.79. The fraction of sp³-hybridized carbons (Fsp3) is 0.733. The highest BCUT2D eigenvalue weighted by Gasteiger charge is 2.14. The van der Waals surface area contributed by atoms with E-state index in [1.54, 1.807) is 11.3 Å². The fourth-order valence-corrected chi connectivity index (χ4v) is 3.81. The molecule has 1 unspecified atom stereocenters. The Morgan fingerprint density at radius 1 is 1.11 bits per heavy atom. The Morgan fingerprint density at radius 3 is 2.50 bits per heavy atom. The van der Waals surface area contributed by atoms with E-state index in [1.807, 2.05) is 0 Å². The summed E-state index contributed by atoms with van der Waals surface area (Å²) in [7, 11) is 0. The monoisotopic (exact) mass is 331 g/mol. The molecule has 1 aromatic rings. The van der Waals surface area contributed by atoms with Gasteiger partial charge in [0.1, 0.15) is 0 Å². The van der Waals surface area contributed by atoms with Crippen LogP contribution in [0.2, 0.25) is 0 Å². The van der Waals surface area contributed by atoms with Crippen LogP contribution < -0.4 is 5.32 Å². The van der Waals surface area contributed by atoms with E-state index in [1.165, 1.54) is 55.0 Å². The molecule has 1 nitrogen and oxygen atoms in total. The molecule has 0 radical (unpaired) electrons. The van der Waals surface area contributed by atoms with E-state index in [-0.39, 0.29) is 0 Å². The van der Waals surface area contributed by atoms with Crippen LogP contribution in [-0.2, 0) is 0 Å². The van der Waals surface area contributed by atoms with Crippen LogP contribution in [0.15, 0.2) is 15.2 Å². The third-order valence-corrected chi connectivity index (χ3v) is 5.01. The lowest BCUT2D eigenvalue weighted by Crippen LogP contribution is -2.22. The number of nitrogens with one attached hydrogen (secondary N) is 1. The van der Waals surface area contributed by atoms with Crippen molar-refractivity contribution in [2.24, 2.45) is 0 Å². The predicted octanol–water partition coefficient (Wildman–Crippen LogP) is 5.91. The Balaban J connectivity index is 2.39. The standard InChI is InChI=1S/C15H26BrNS/c1-3-5-6-7-8-9-15(17-10-4-2)13-11-18-12-14(13)16/h11-12,15,17H,3-10H2,1-2H3. The van der Waals surface area contributed by atoms with Crippen molar-refractivity contribution < 1.29 is 0 Å². The lowest BCUT2D eigenvalue weighted by molar-refractivity contribution is 0.468. The molecule has 104 valence electrons. The number of hydrogen-bond donors (Lipinski definition) is 1. The van der Waals surface area contributed by atoms with E-state index in [0.29, 0.717) is 6.04 Å². The summed E-state index contributed by atoms with van der Waals surface area (Å²) in [6.45, 7) is 5.62. The average molecular weight is 332 g/mol. The quantitative estimate of drug-likeness (QED) is 0.525. The van der Waals surface area contributed by atoms with Gasteiger partial charge in [-0.15, -0.1) is 0 Å². The Kier molecular flexibility index (Phi) is 8.99. The zero-order valence-electron chi connectivity index (χ0n) is 11.7. The second kappa shape index (κ2) is 9.99. The van der Waals surface area contributed by atoms with Gasteiger partial charge < -0.3 is 5.32 Å². The van der Waals surface area contributed by atoms with Gasteiger partial charge in [-0.05, 0) is 46.3 Å². The van der Waals surface area contributed by atoms with E-state index in [0.717, 1.165) is 6.54 Å². The number of thiophene rings is 1. The molecule has 0 fully saturated rings. The molecule has 1 heterocycles. The molecule has 0 amide bonds. The lowest BCUT2D eigenvalue weighted by Gasteiger charge is -2.18. The van der Waals surface area contributed by atoms with Gasteiger partial charge in [0, 0.05) is 15.9 Å². The summed E-state index contributed by atoms with van der Waals surface area (Å²) >= 11 is 5.45. The van der Waals surface area contributed by atoms with Crippen molar-refractivity contribution in [1.82, 2.24) is 5.32 Å². The highest BCUT2D eigenvalue weighted by atomic mass is 79.9. The number of hydrogen-bond acceptors (Lipinski definition) is 2. The first-order valence-electron chi connectivity index (χ1n) is 7.24. The van der Waals surface area contributed by atoms with Crippen LogP contribution in [0.3, 0.4) is 0 Å². The van der Waals surface area contributed by atoms with Crippen molar-refractivity contribution in [3.63, 3.8) is 0 Å². The number of unbranched alkanes of at least 4 members (excludes halogenated alkanes) is 4. The summed E-state index contributed by atoms with van der Waals surface area (Å²) in [5.74, 6) is 0. The van der Waals surface area contributed by atoms with Gasteiger partial charge in [-0.2, -0.15) is 11.3 Å². The summed E-state index contributed by atoms with van der Waals surface area (Å²) < 4.78 is 1.27. The van der Waals surface area contributed by atoms with E-state index >= 15 is 0 Å². The maximum atomic E-state index is 3.68. The minimum absolute atomic E-state index is 0.534. The van der Waals surface area contributed by atoms with Gasteiger partial charge in [0.15, 0.2) is 0 Å². The minimum Gasteiger partial charge on any atom is -0.310 e. The molecule has 0 saturated heterocycles. The van der Waals surface area contributed by atoms with Gasteiger partial charge in [0.05, 0.1) is 0 Å². The number of rotatable bonds is 10. The van der Waals surface area contributed by atoms with Crippen LogP contribution in [0.5, 0.6) is 0 Å². The summed E-state index contributed by atoms with van der Waals surface area (Å²) in [6.07, 6.45) is 9.28. The zero-order valence-corrected chi connectivity index (χ0v) is 14.1. The molecule has 1 rings (SSSR count). The van der Waals surface area contributed by atoms with E-state index in [9.17, 15) is 0 Å². The third kappa shape index (κ3) is 5.85. The normalized spacial score (nSPS) is 12.8. The molecular weight excluding hydrogens is 306 g/mol. The van der Waals surface area contributed by atoms with Gasteiger partial charge >= 0.3 is 0 Å². The molecule has 1 atom stereocenters. The summed E-state index contributed by atoms with van der Waals surface area (Å²) in [4.78, 5) is 0. The van der Waals surface area contributed by atoms with Crippen LogP contribution in [0.4, 0.5) is 0 Å². The Bertz CT molecular complexity index is 311. The SMILES string of the molecule is CCCCCCCC(NCCC)c1cscc1Br. The maximum Gasteiger partial charge on any atom is 0.0339 e. The van der Waals surface area contributed by atoms with Crippen molar-refractivity contribution in [3.8, 4) is 0 Å². The number of halogens is 1. The summed E-state index contributed by atoms with van der Waals surface area (Å²) in [6, 6.07) is 0.534. The first-order chi connectivity index (χ1) is 8.79. The maximum absolute atomic E-state index is 3.68. The van der Waals surface area contributed by atoms with Crippen LogP contribution in [0, 0.1) is 0 Å². The molecule has 0 aliphatic rings. The largest absolute Gasteiger partial charge is 0.310 e. The second-order valence-electron chi connectivity index (χ2n) is 4.88. The van der Waals surface area contributed by atoms with Crippen LogP contribution in [-0.4, -0.2) is 6.54 Å². The molecule has 0 saturated carbocycles. The molecule has 0 spiro atoms. The molecular formula is C15H26BrNS. The molecule has 0 aliphatic heterocycles. The van der Waals surface area contributed by atoms with Gasteiger partial charge in [-0.1, -0.05) is 46.0 Å². The highest BCUT2D eigenvalue weighted by Crippen LogP contribution is 2.30. The molecule has 0 aromatic carbocycles. The minimum atomic E-state index is 0.534. The van der Waals surface area contributed by atoms with Gasteiger partial charge in [-0.25, -0.2) is 0 Å². The van der Waals surface area contributed by atoms with Crippen LogP contribution in [0.1, 0.15) is 70.4 Å². The van der Waals surface area contributed by atoms with Crippen molar-refractivity contribution in [2.75, 3.05) is 6.54 Å². The van der Waals surface area contributed by atoms with Gasteiger partial charge in [-0.3, -0.25) is 0 Å². The van der Waals surface area contributed by atoms with E-state index < -0.39 is 0 Å². The summed E-state index contributed by atoms with van der Waals surface area (Å²) in [5, 5.41) is 8.15. The van der Waals surface area contributed by atoms with E-state index in [4.69, 9.17) is 0 Å². The molecule has 18 heavy (non-hydrogen) atoms. The second-order valence-corrected chi connectivity index (χ2v) is 6.48. The molecule has 1 aromatic heterocycles. The highest BCUT2D eigenvalue weighted by molar-refractivity contribution is 9.10. The molecule has 0 aliphatic carbocycles. The first-order valence-corrected chi connectivity index (χ1v) is 8.98. The van der Waals surface area contributed by atoms with Crippen molar-refractivity contribution in [1.29, 1.82) is 0 Å². The molecule has 0 bridgehead atoms. The molecule has 1 N–H and O–H groups in total. The smallest absolute Gasteiger partial charge is 0.0339 e. The van der Waals surface area contributed by atoms with Crippen LogP contribution >= 0.6 is 27.3 Å². The Morgan fingerprint density at radius 2 is 1.89 bits per heavy atom. The lowest BCUT2D eigenvalue weighted by atomic mass is 10.0. The van der Waals surface area contributed by atoms with Crippen LogP contribution in [0.25, 0.3) is 0 Å². The summed E-state index contributed by atoms with van der Waals surface area (Å²) in [5.41, 5.74) is 1.45. The Labute approximate surface area is 125 Å². The Hall–Kier alpha value is 0.140.